The normalized spacial score (nSPS) is 13.0. The third kappa shape index (κ3) is 4.11. The van der Waals surface area contributed by atoms with Crippen molar-refractivity contribution in [2.24, 2.45) is 0 Å². The average Bonchev–Trinajstić information content (AvgIpc) is 2.36. The molecule has 0 amide bonds. The maximum absolute atomic E-state index is 13.2. The van der Waals surface area contributed by atoms with Crippen molar-refractivity contribution < 1.29 is 17.6 Å². The van der Waals surface area contributed by atoms with E-state index < -0.39 is 23.6 Å². The molecule has 0 heterocycles. The summed E-state index contributed by atoms with van der Waals surface area (Å²) in [5.41, 5.74) is 0.140. The fourth-order valence-electron chi connectivity index (χ4n) is 1.95. The number of nitrogens with one attached hydrogen (secondary N) is 1. The molecular formula is C15H12ClF4N. The van der Waals surface area contributed by atoms with Crippen LogP contribution in [0.1, 0.15) is 24.1 Å². The Morgan fingerprint density at radius 1 is 1.10 bits per heavy atom. The first kappa shape index (κ1) is 15.6. The molecule has 2 aromatic rings. The molecule has 0 bridgehead atoms. The van der Waals surface area contributed by atoms with Crippen LogP contribution in [0.15, 0.2) is 42.5 Å². The molecule has 0 fully saturated rings. The second kappa shape index (κ2) is 5.93. The van der Waals surface area contributed by atoms with Crippen LogP contribution in [0, 0.1) is 5.82 Å². The Bertz CT molecular complexity index is 620. The lowest BCUT2D eigenvalue weighted by atomic mass is 10.0. The van der Waals surface area contributed by atoms with Crippen molar-refractivity contribution in [1.29, 1.82) is 0 Å². The van der Waals surface area contributed by atoms with Crippen molar-refractivity contribution in [2.45, 2.75) is 19.1 Å². The van der Waals surface area contributed by atoms with E-state index >= 15 is 0 Å². The van der Waals surface area contributed by atoms with Gasteiger partial charge >= 0.3 is 6.18 Å². The van der Waals surface area contributed by atoms with Crippen LogP contribution in [0.5, 0.6) is 0 Å². The van der Waals surface area contributed by atoms with Gasteiger partial charge in [0.15, 0.2) is 0 Å². The standard InChI is InChI=1S/C15H12ClF4N/c1-9(21-14-7-12(16)6-13(17)8-14)10-3-2-4-11(5-10)15(18,19)20/h2-9,21H,1H3. The number of benzene rings is 2. The van der Waals surface area contributed by atoms with Crippen LogP contribution >= 0.6 is 11.6 Å². The molecule has 0 spiro atoms. The Hall–Kier alpha value is -1.75. The first-order valence-electron chi connectivity index (χ1n) is 6.15. The molecule has 1 atom stereocenters. The number of halogens is 5. The second-order valence-corrected chi connectivity index (χ2v) is 5.08. The van der Waals surface area contributed by atoms with Crippen LogP contribution in [0.25, 0.3) is 0 Å². The molecule has 1 nitrogen and oxygen atoms in total. The van der Waals surface area contributed by atoms with Crippen LogP contribution < -0.4 is 5.32 Å². The largest absolute Gasteiger partial charge is 0.416 e. The summed E-state index contributed by atoms with van der Waals surface area (Å²) in [5, 5.41) is 3.14. The molecule has 6 heteroatoms. The molecule has 0 aromatic heterocycles. The quantitative estimate of drug-likeness (QED) is 0.719. The van der Waals surface area contributed by atoms with Gasteiger partial charge in [-0.3, -0.25) is 0 Å². The molecule has 0 aliphatic rings. The smallest absolute Gasteiger partial charge is 0.378 e. The van der Waals surface area contributed by atoms with Gasteiger partial charge in [0.2, 0.25) is 0 Å². The predicted octanol–water partition coefficient (Wildman–Crippen LogP) is 5.67. The summed E-state index contributed by atoms with van der Waals surface area (Å²) in [6.45, 7) is 1.69. The Morgan fingerprint density at radius 3 is 2.43 bits per heavy atom. The van der Waals surface area contributed by atoms with E-state index in [2.05, 4.69) is 5.32 Å². The number of hydrogen-bond acceptors (Lipinski definition) is 1. The minimum atomic E-state index is -4.39. The van der Waals surface area contributed by atoms with E-state index in [1.54, 1.807) is 13.0 Å². The Kier molecular flexibility index (Phi) is 4.42. The van der Waals surface area contributed by atoms with Gasteiger partial charge in [0.05, 0.1) is 5.56 Å². The van der Waals surface area contributed by atoms with E-state index in [4.69, 9.17) is 11.6 Å². The Morgan fingerprint density at radius 2 is 1.81 bits per heavy atom. The summed E-state index contributed by atoms with van der Waals surface area (Å²) >= 11 is 5.74. The maximum atomic E-state index is 13.2. The summed E-state index contributed by atoms with van der Waals surface area (Å²) in [7, 11) is 0. The van der Waals surface area contributed by atoms with Gasteiger partial charge in [-0.15, -0.1) is 0 Å². The molecule has 2 rings (SSSR count). The molecule has 0 saturated heterocycles. The zero-order chi connectivity index (χ0) is 15.6. The fraction of sp³-hybridized carbons (Fsp3) is 0.200. The van der Waals surface area contributed by atoms with Crippen molar-refractivity contribution in [3.05, 3.63) is 64.4 Å². The van der Waals surface area contributed by atoms with Gasteiger partial charge in [-0.2, -0.15) is 13.2 Å². The van der Waals surface area contributed by atoms with Crippen molar-refractivity contribution in [3.63, 3.8) is 0 Å². The van der Waals surface area contributed by atoms with Crippen LogP contribution in [-0.4, -0.2) is 0 Å². The molecule has 0 aliphatic carbocycles. The number of alkyl halides is 3. The van der Waals surface area contributed by atoms with E-state index in [9.17, 15) is 17.6 Å². The lowest BCUT2D eigenvalue weighted by Crippen LogP contribution is -2.10. The first-order valence-corrected chi connectivity index (χ1v) is 6.53. The van der Waals surface area contributed by atoms with Gasteiger partial charge in [-0.05, 0) is 42.8 Å². The van der Waals surface area contributed by atoms with E-state index in [-0.39, 0.29) is 5.02 Å². The van der Waals surface area contributed by atoms with Crippen LogP contribution in [0.4, 0.5) is 23.2 Å². The third-order valence-corrected chi connectivity index (χ3v) is 3.18. The number of hydrogen-bond donors (Lipinski definition) is 1. The molecule has 112 valence electrons. The predicted molar refractivity (Wildman–Crippen MR) is 74.9 cm³/mol. The molecular weight excluding hydrogens is 306 g/mol. The molecule has 0 radical (unpaired) electrons. The number of anilines is 1. The van der Waals surface area contributed by atoms with E-state index in [0.717, 1.165) is 18.2 Å². The van der Waals surface area contributed by atoms with Gasteiger partial charge in [0.1, 0.15) is 5.82 Å². The minimum absolute atomic E-state index is 0.216. The van der Waals surface area contributed by atoms with Gasteiger partial charge in [-0.25, -0.2) is 4.39 Å². The summed E-state index contributed by atoms with van der Waals surface area (Å²) in [4.78, 5) is 0. The van der Waals surface area contributed by atoms with Crippen molar-refractivity contribution in [2.75, 3.05) is 5.32 Å². The maximum Gasteiger partial charge on any atom is 0.416 e. The highest BCUT2D eigenvalue weighted by Gasteiger charge is 2.30. The van der Waals surface area contributed by atoms with Crippen LogP contribution in [0.2, 0.25) is 5.02 Å². The van der Waals surface area contributed by atoms with Gasteiger partial charge in [0.25, 0.3) is 0 Å². The van der Waals surface area contributed by atoms with Crippen LogP contribution in [-0.2, 0) is 6.18 Å². The summed E-state index contributed by atoms with van der Waals surface area (Å²) in [6.07, 6.45) is -4.39. The Balaban J connectivity index is 2.22. The lowest BCUT2D eigenvalue weighted by molar-refractivity contribution is -0.137. The van der Waals surface area contributed by atoms with Gasteiger partial charge in [0, 0.05) is 16.8 Å². The average molecular weight is 318 g/mol. The third-order valence-electron chi connectivity index (χ3n) is 2.96. The zero-order valence-electron chi connectivity index (χ0n) is 11.0. The van der Waals surface area contributed by atoms with E-state index in [1.807, 2.05) is 0 Å². The number of rotatable bonds is 3. The highest BCUT2D eigenvalue weighted by Crippen LogP contribution is 2.31. The summed E-state index contributed by atoms with van der Waals surface area (Å²) in [6, 6.07) is 8.47. The SMILES string of the molecule is CC(Nc1cc(F)cc(Cl)c1)c1cccc(C(F)(F)F)c1. The Labute approximate surface area is 124 Å². The van der Waals surface area contributed by atoms with Gasteiger partial charge < -0.3 is 5.32 Å². The van der Waals surface area contributed by atoms with E-state index in [0.29, 0.717) is 11.3 Å². The summed E-state index contributed by atoms with van der Waals surface area (Å²) in [5.74, 6) is -0.513. The van der Waals surface area contributed by atoms with Crippen molar-refractivity contribution in [3.8, 4) is 0 Å². The van der Waals surface area contributed by atoms with E-state index in [1.165, 1.54) is 18.2 Å². The monoisotopic (exact) mass is 317 g/mol. The molecule has 0 aliphatic heterocycles. The molecule has 0 saturated carbocycles. The topological polar surface area (TPSA) is 12.0 Å². The second-order valence-electron chi connectivity index (χ2n) is 4.65. The lowest BCUT2D eigenvalue weighted by Gasteiger charge is -2.17. The highest BCUT2D eigenvalue weighted by molar-refractivity contribution is 6.30. The first-order chi connectivity index (χ1) is 9.75. The van der Waals surface area contributed by atoms with Gasteiger partial charge in [-0.1, -0.05) is 23.7 Å². The molecule has 1 unspecified atom stereocenters. The highest BCUT2D eigenvalue weighted by atomic mass is 35.5. The zero-order valence-corrected chi connectivity index (χ0v) is 11.8. The molecule has 1 N–H and O–H groups in total. The summed E-state index contributed by atoms with van der Waals surface area (Å²) < 4.78 is 51.3. The molecule has 2 aromatic carbocycles. The fourth-order valence-corrected chi connectivity index (χ4v) is 2.18. The minimum Gasteiger partial charge on any atom is -0.378 e. The molecule has 21 heavy (non-hydrogen) atoms. The van der Waals surface area contributed by atoms with Crippen LogP contribution in [0.3, 0.4) is 0 Å². The van der Waals surface area contributed by atoms with Crippen molar-refractivity contribution >= 4 is 17.3 Å². The van der Waals surface area contributed by atoms with Crippen molar-refractivity contribution in [1.82, 2.24) is 0 Å².